The second kappa shape index (κ2) is 6.33. The number of rotatable bonds is 1. The fourth-order valence-corrected chi connectivity index (χ4v) is 5.83. The zero-order valence-corrected chi connectivity index (χ0v) is 19.0. The van der Waals surface area contributed by atoms with Gasteiger partial charge in [-0.25, -0.2) is 9.37 Å². The van der Waals surface area contributed by atoms with Crippen LogP contribution in [0.3, 0.4) is 0 Å². The molecule has 2 aliphatic rings. The molecular formula is C25H20BrFN4. The Bertz CT molecular complexity index is 1380. The molecule has 0 aliphatic carbocycles. The summed E-state index contributed by atoms with van der Waals surface area (Å²) in [5.74, 6) is -0.215. The molecule has 0 amide bonds. The molecule has 6 heteroatoms. The van der Waals surface area contributed by atoms with Gasteiger partial charge in [0.2, 0.25) is 0 Å². The van der Waals surface area contributed by atoms with Crippen molar-refractivity contribution >= 4 is 38.2 Å². The van der Waals surface area contributed by atoms with E-state index in [0.29, 0.717) is 5.52 Å². The second-order valence-corrected chi connectivity index (χ2v) is 9.86. The van der Waals surface area contributed by atoms with Gasteiger partial charge in [-0.15, -0.1) is 0 Å². The highest BCUT2D eigenvalue weighted by molar-refractivity contribution is 9.10. The van der Waals surface area contributed by atoms with Gasteiger partial charge in [-0.05, 0) is 40.2 Å². The molecule has 0 saturated carbocycles. The smallest absolute Gasteiger partial charge is 0.125 e. The molecule has 2 aliphatic heterocycles. The third-order valence-electron chi connectivity index (χ3n) is 6.51. The van der Waals surface area contributed by atoms with E-state index in [0.717, 1.165) is 44.7 Å². The highest BCUT2D eigenvalue weighted by atomic mass is 79.9. The zero-order chi connectivity index (χ0) is 21.5. The van der Waals surface area contributed by atoms with Gasteiger partial charge in [0.05, 0.1) is 34.0 Å². The number of halogens is 2. The minimum absolute atomic E-state index is 0.0743. The van der Waals surface area contributed by atoms with Crippen molar-refractivity contribution in [2.45, 2.75) is 32.1 Å². The Labute approximate surface area is 188 Å². The summed E-state index contributed by atoms with van der Waals surface area (Å²) < 4.78 is 15.2. The summed E-state index contributed by atoms with van der Waals surface area (Å²) in [5.41, 5.74) is 7.86. The molecule has 1 atom stereocenters. The third-order valence-corrected chi connectivity index (χ3v) is 7.14. The van der Waals surface area contributed by atoms with E-state index >= 15 is 0 Å². The van der Waals surface area contributed by atoms with Gasteiger partial charge in [0, 0.05) is 57.3 Å². The van der Waals surface area contributed by atoms with Crippen LogP contribution in [0.4, 0.5) is 15.8 Å². The van der Waals surface area contributed by atoms with Crippen molar-refractivity contribution in [3.8, 4) is 11.4 Å². The van der Waals surface area contributed by atoms with Gasteiger partial charge < -0.3 is 4.90 Å². The van der Waals surface area contributed by atoms with Crippen molar-refractivity contribution in [2.75, 3.05) is 11.4 Å². The average Bonchev–Trinajstić information content (AvgIpc) is 3.02. The SMILES string of the molecule is CC1c2c(Br)cnc3c2N(CC3(C)C)c2c1c(-c1ccccn1)nc1cc(F)ccc21. The summed E-state index contributed by atoms with van der Waals surface area (Å²) >= 11 is 3.77. The van der Waals surface area contributed by atoms with Crippen molar-refractivity contribution in [3.05, 3.63) is 75.9 Å². The summed E-state index contributed by atoms with van der Waals surface area (Å²) in [6.45, 7) is 7.48. The van der Waals surface area contributed by atoms with Gasteiger partial charge >= 0.3 is 0 Å². The van der Waals surface area contributed by atoms with Gasteiger partial charge in [0.15, 0.2) is 0 Å². The number of aromatic nitrogens is 3. The van der Waals surface area contributed by atoms with E-state index in [2.05, 4.69) is 46.6 Å². The van der Waals surface area contributed by atoms with Crippen molar-refractivity contribution in [2.24, 2.45) is 0 Å². The second-order valence-electron chi connectivity index (χ2n) is 9.01. The summed E-state index contributed by atoms with van der Waals surface area (Å²) in [4.78, 5) is 16.7. The molecule has 1 unspecified atom stereocenters. The van der Waals surface area contributed by atoms with Crippen LogP contribution in [-0.2, 0) is 5.41 Å². The molecule has 4 aromatic rings. The maximum atomic E-state index is 14.2. The van der Waals surface area contributed by atoms with E-state index in [1.807, 2.05) is 30.5 Å². The predicted molar refractivity (Wildman–Crippen MR) is 124 cm³/mol. The van der Waals surface area contributed by atoms with Crippen molar-refractivity contribution in [1.82, 2.24) is 15.0 Å². The molecule has 4 nitrogen and oxygen atoms in total. The molecule has 0 saturated heterocycles. The van der Waals surface area contributed by atoms with Gasteiger partial charge in [0.25, 0.3) is 0 Å². The molecule has 5 heterocycles. The molecule has 0 radical (unpaired) electrons. The monoisotopic (exact) mass is 474 g/mol. The molecule has 1 aromatic carbocycles. The Kier molecular flexibility index (Phi) is 3.85. The van der Waals surface area contributed by atoms with E-state index in [1.54, 1.807) is 6.20 Å². The van der Waals surface area contributed by atoms with Crippen molar-refractivity contribution < 1.29 is 4.39 Å². The molecule has 31 heavy (non-hydrogen) atoms. The standard InChI is InChI=1S/C25H20BrFN4/c1-13-19-16(26)11-29-24-23(19)31(12-25(24,2)3)22-15-8-7-14(27)10-18(15)30-21(20(13)22)17-6-4-5-9-28-17/h4-11,13H,12H2,1-3H3. The van der Waals surface area contributed by atoms with Crippen LogP contribution in [0.1, 0.15) is 43.5 Å². The van der Waals surface area contributed by atoms with Crippen molar-refractivity contribution in [1.29, 1.82) is 0 Å². The van der Waals surface area contributed by atoms with Gasteiger partial charge in [-0.1, -0.05) is 26.8 Å². The lowest BCUT2D eigenvalue weighted by atomic mass is 9.83. The molecular weight excluding hydrogens is 455 g/mol. The first-order chi connectivity index (χ1) is 14.9. The van der Waals surface area contributed by atoms with Crippen LogP contribution in [0.2, 0.25) is 0 Å². The van der Waals surface area contributed by atoms with Gasteiger partial charge in [0.1, 0.15) is 5.82 Å². The van der Waals surface area contributed by atoms with Crippen LogP contribution in [0.5, 0.6) is 0 Å². The Balaban J connectivity index is 1.78. The van der Waals surface area contributed by atoms with E-state index < -0.39 is 0 Å². The van der Waals surface area contributed by atoms with E-state index in [1.165, 1.54) is 23.4 Å². The quantitative estimate of drug-likeness (QED) is 0.316. The highest BCUT2D eigenvalue weighted by Gasteiger charge is 2.45. The number of hydrogen-bond donors (Lipinski definition) is 0. The van der Waals surface area contributed by atoms with Gasteiger partial charge in [-0.3, -0.25) is 9.97 Å². The van der Waals surface area contributed by atoms with Crippen LogP contribution in [-0.4, -0.2) is 21.5 Å². The number of nitrogens with zero attached hydrogens (tertiary/aromatic N) is 4. The van der Waals surface area contributed by atoms with E-state index in [-0.39, 0.29) is 17.2 Å². The van der Waals surface area contributed by atoms with Gasteiger partial charge in [-0.2, -0.15) is 0 Å². The molecule has 0 bridgehead atoms. The lowest BCUT2D eigenvalue weighted by Gasteiger charge is -2.36. The van der Waals surface area contributed by atoms with Crippen LogP contribution in [0.25, 0.3) is 22.3 Å². The Morgan fingerprint density at radius 2 is 1.94 bits per heavy atom. The van der Waals surface area contributed by atoms with E-state index in [9.17, 15) is 4.39 Å². The molecule has 0 N–H and O–H groups in total. The van der Waals surface area contributed by atoms with E-state index in [4.69, 9.17) is 9.97 Å². The Morgan fingerprint density at radius 3 is 2.71 bits per heavy atom. The summed E-state index contributed by atoms with van der Waals surface area (Å²) in [6, 6.07) is 10.7. The highest BCUT2D eigenvalue weighted by Crippen LogP contribution is 2.58. The Hall–Kier alpha value is -2.86. The average molecular weight is 475 g/mol. The molecule has 0 fully saturated rings. The normalized spacial score (nSPS) is 18.2. The van der Waals surface area contributed by atoms with Crippen LogP contribution in [0.15, 0.2) is 53.3 Å². The lowest BCUT2D eigenvalue weighted by Crippen LogP contribution is -2.28. The number of hydrogen-bond acceptors (Lipinski definition) is 4. The maximum absolute atomic E-state index is 14.2. The third kappa shape index (κ3) is 2.54. The first-order valence-electron chi connectivity index (χ1n) is 10.4. The first kappa shape index (κ1) is 18.9. The predicted octanol–water partition coefficient (Wildman–Crippen LogP) is 6.49. The zero-order valence-electron chi connectivity index (χ0n) is 17.4. The minimum Gasteiger partial charge on any atom is -0.338 e. The number of benzene rings is 1. The summed E-state index contributed by atoms with van der Waals surface area (Å²) in [6.07, 6.45) is 3.70. The summed E-state index contributed by atoms with van der Waals surface area (Å²) in [5, 5.41) is 0.956. The Morgan fingerprint density at radius 1 is 1.10 bits per heavy atom. The van der Waals surface area contributed by atoms with Crippen LogP contribution in [0, 0.1) is 5.82 Å². The lowest BCUT2D eigenvalue weighted by molar-refractivity contribution is 0.554. The topological polar surface area (TPSA) is 41.9 Å². The number of fused-ring (bicyclic) bond motifs is 4. The van der Waals surface area contributed by atoms with Crippen LogP contribution < -0.4 is 4.90 Å². The molecule has 6 rings (SSSR count). The fraction of sp³-hybridized carbons (Fsp3) is 0.240. The molecule has 3 aromatic heterocycles. The van der Waals surface area contributed by atoms with Crippen molar-refractivity contribution in [3.63, 3.8) is 0 Å². The maximum Gasteiger partial charge on any atom is 0.125 e. The first-order valence-corrected chi connectivity index (χ1v) is 11.2. The minimum atomic E-state index is -0.289. The number of anilines is 2. The largest absolute Gasteiger partial charge is 0.338 e. The molecule has 0 spiro atoms. The molecule has 154 valence electrons. The summed E-state index contributed by atoms with van der Waals surface area (Å²) in [7, 11) is 0. The number of pyridine rings is 3. The fourth-order valence-electron chi connectivity index (χ4n) is 5.19. The van der Waals surface area contributed by atoms with Crippen LogP contribution >= 0.6 is 15.9 Å².